The number of thiazole rings is 1. The van der Waals surface area contributed by atoms with E-state index in [1.165, 1.54) is 11.3 Å². The smallest absolute Gasteiger partial charge is 0.333 e. The first-order valence-electron chi connectivity index (χ1n) is 12.4. The van der Waals surface area contributed by atoms with Crippen molar-refractivity contribution in [1.82, 2.24) is 4.98 Å². The molecule has 7 rings (SSSR count). The lowest BCUT2D eigenvalue weighted by Gasteiger charge is -2.51. The molecule has 5 heterocycles. The Balaban J connectivity index is 0.00000280. The number of halogens is 1. The number of ether oxygens (including phenoxy) is 1. The van der Waals surface area contributed by atoms with Gasteiger partial charge in [0, 0.05) is 46.3 Å². The van der Waals surface area contributed by atoms with Gasteiger partial charge in [-0.3, -0.25) is 4.79 Å². The Morgan fingerprint density at radius 1 is 1.05 bits per heavy atom. The van der Waals surface area contributed by atoms with Gasteiger partial charge in [-0.15, -0.1) is 22.7 Å². The highest BCUT2D eigenvalue weighted by atomic mass is 79.9. The van der Waals surface area contributed by atoms with Crippen LogP contribution in [0.15, 0.2) is 71.6 Å². The van der Waals surface area contributed by atoms with Crippen LogP contribution in [0, 0.1) is 5.92 Å². The summed E-state index contributed by atoms with van der Waals surface area (Å²) in [7, 11) is 0. The number of esters is 1. The number of carbonyl (C=O) groups excluding carboxylic acids is 2. The Labute approximate surface area is 234 Å². The van der Waals surface area contributed by atoms with E-state index in [1.54, 1.807) is 17.5 Å². The fourth-order valence-electron chi connectivity index (χ4n) is 5.71. The second kappa shape index (κ2) is 11.0. The number of benzene rings is 2. The van der Waals surface area contributed by atoms with Gasteiger partial charge in [-0.2, -0.15) is 0 Å². The normalized spacial score (nSPS) is 23.2. The van der Waals surface area contributed by atoms with Crippen LogP contribution in [0.5, 0.6) is 0 Å². The molecule has 4 aromatic rings. The summed E-state index contributed by atoms with van der Waals surface area (Å²) in [5.41, 5.74) is 1.81. The summed E-state index contributed by atoms with van der Waals surface area (Å²) in [4.78, 5) is 30.9. The minimum atomic E-state index is -0.607. The summed E-state index contributed by atoms with van der Waals surface area (Å²) in [6, 6.07) is 17.4. The van der Waals surface area contributed by atoms with Crippen LogP contribution >= 0.6 is 22.7 Å². The number of Topliss-reactive ketones (excluding diaryl/α,β-unsaturated/α-hetero) is 1. The number of piperidine rings is 3. The first-order chi connectivity index (χ1) is 17.6. The van der Waals surface area contributed by atoms with E-state index in [2.05, 4.69) is 27.8 Å². The van der Waals surface area contributed by atoms with Crippen molar-refractivity contribution in [3.8, 4) is 0 Å². The molecule has 192 valence electrons. The predicted octanol–water partition coefficient (Wildman–Crippen LogP) is 2.55. The lowest BCUT2D eigenvalue weighted by atomic mass is 9.83. The monoisotopic (exact) mass is 597 g/mol. The van der Waals surface area contributed by atoms with Gasteiger partial charge in [0.15, 0.2) is 17.2 Å². The molecule has 0 aliphatic carbocycles. The highest BCUT2D eigenvalue weighted by molar-refractivity contribution is 7.17. The van der Waals surface area contributed by atoms with E-state index in [9.17, 15) is 9.59 Å². The average molecular weight is 599 g/mol. The third kappa shape index (κ3) is 5.36. The number of hydrogen-bond acceptors (Lipinski definition) is 7. The number of aromatic nitrogens is 1. The number of fused-ring (bicyclic) bond motifs is 4. The zero-order valence-corrected chi connectivity index (χ0v) is 23.4. The number of rotatable bonds is 8. The van der Waals surface area contributed by atoms with E-state index >= 15 is 0 Å². The van der Waals surface area contributed by atoms with Crippen LogP contribution in [0.4, 0.5) is 5.69 Å². The molecule has 3 aliphatic rings. The maximum Gasteiger partial charge on any atom is 0.333 e. The van der Waals surface area contributed by atoms with Gasteiger partial charge in [-0.1, -0.05) is 36.4 Å². The van der Waals surface area contributed by atoms with Crippen molar-refractivity contribution in [3.05, 3.63) is 82.1 Å². The molecular formula is C28H28BrN3O3S2. The first-order valence-corrected chi connectivity index (χ1v) is 14.1. The second-order valence-electron chi connectivity index (χ2n) is 9.83. The molecule has 0 radical (unpaired) electrons. The zero-order chi connectivity index (χ0) is 24.5. The number of nitrogens with one attached hydrogen (secondary N) is 1. The summed E-state index contributed by atoms with van der Waals surface area (Å²) in [5, 5.41) is 8.97. The number of thiophene rings is 1. The maximum atomic E-state index is 13.8. The molecule has 1 unspecified atom stereocenters. The van der Waals surface area contributed by atoms with Crippen LogP contribution in [0.2, 0.25) is 0 Å². The summed E-state index contributed by atoms with van der Waals surface area (Å²) in [5.74, 6) is 0.176. The van der Waals surface area contributed by atoms with E-state index < -0.39 is 6.04 Å². The second-order valence-corrected chi connectivity index (χ2v) is 11.6. The molecule has 2 bridgehead atoms. The number of anilines is 1. The molecule has 6 nitrogen and oxygen atoms in total. The highest BCUT2D eigenvalue weighted by Gasteiger charge is 2.49. The Morgan fingerprint density at radius 3 is 2.57 bits per heavy atom. The standard InChI is InChI=1S/C28H28N3O3S2.BrH/c32-23(27-29-12-15-35-27)16-31-13-10-19(11-14-31)24(17-31)34-28(33)26(30-20-6-2-1-3-7-20)22-18-36-25-9-5-4-8-21(22)25;/h1-9,12,15,18-19,24,26,30H,10-11,13-14,16-17H2;1H/q+1;/p-1/t19?,24-,26?,31?;/m0./s1. The minimum Gasteiger partial charge on any atom is -1.00 e. The van der Waals surface area contributed by atoms with Gasteiger partial charge >= 0.3 is 5.97 Å². The van der Waals surface area contributed by atoms with Gasteiger partial charge in [0.05, 0.1) is 13.1 Å². The van der Waals surface area contributed by atoms with Crippen molar-refractivity contribution < 1.29 is 35.8 Å². The van der Waals surface area contributed by atoms with E-state index in [0.29, 0.717) is 28.5 Å². The van der Waals surface area contributed by atoms with Gasteiger partial charge in [0.2, 0.25) is 5.78 Å². The largest absolute Gasteiger partial charge is 1.00 e. The van der Waals surface area contributed by atoms with Crippen molar-refractivity contribution in [2.45, 2.75) is 25.0 Å². The molecule has 3 fully saturated rings. The van der Waals surface area contributed by atoms with Crippen LogP contribution in [0.25, 0.3) is 10.1 Å². The number of quaternary nitrogens is 1. The number of ketones is 1. The van der Waals surface area contributed by atoms with Crippen LogP contribution in [-0.4, -0.2) is 53.5 Å². The van der Waals surface area contributed by atoms with Crippen molar-refractivity contribution in [2.75, 3.05) is 31.5 Å². The Hall–Kier alpha value is -2.59. The van der Waals surface area contributed by atoms with Crippen LogP contribution in [0.1, 0.15) is 34.2 Å². The lowest BCUT2D eigenvalue weighted by Crippen LogP contribution is -3.00. The van der Waals surface area contributed by atoms with Gasteiger partial charge in [-0.25, -0.2) is 9.78 Å². The molecule has 9 heteroatoms. The Morgan fingerprint density at radius 2 is 1.81 bits per heavy atom. The summed E-state index contributed by atoms with van der Waals surface area (Å²) >= 11 is 3.03. The van der Waals surface area contributed by atoms with Gasteiger partial charge in [0.25, 0.3) is 0 Å². The molecule has 2 aromatic heterocycles. The number of carbonyl (C=O) groups is 2. The number of hydrogen-bond donors (Lipinski definition) is 1. The molecule has 0 spiro atoms. The summed E-state index contributed by atoms with van der Waals surface area (Å²) < 4.78 is 8.12. The van der Waals surface area contributed by atoms with Gasteiger partial charge < -0.3 is 31.5 Å². The highest BCUT2D eigenvalue weighted by Crippen LogP contribution is 2.38. The summed E-state index contributed by atoms with van der Waals surface area (Å²) in [6.45, 7) is 3.03. The van der Waals surface area contributed by atoms with E-state index in [-0.39, 0.29) is 34.8 Å². The molecule has 0 saturated carbocycles. The third-order valence-corrected chi connectivity index (χ3v) is 9.40. The zero-order valence-electron chi connectivity index (χ0n) is 20.2. The minimum absolute atomic E-state index is 0. The van der Waals surface area contributed by atoms with Crippen LogP contribution in [0.3, 0.4) is 0 Å². The van der Waals surface area contributed by atoms with Crippen molar-refractivity contribution in [3.63, 3.8) is 0 Å². The Bertz CT molecular complexity index is 1370. The number of para-hydroxylation sites is 1. The molecular weight excluding hydrogens is 570 g/mol. The first kappa shape index (κ1) is 26.0. The average Bonchev–Trinajstić information content (AvgIpc) is 3.59. The van der Waals surface area contributed by atoms with Gasteiger partial charge in [-0.05, 0) is 29.0 Å². The van der Waals surface area contributed by atoms with Crippen molar-refractivity contribution in [1.29, 1.82) is 0 Å². The quantitative estimate of drug-likeness (QED) is 0.192. The molecule has 1 N–H and O–H groups in total. The molecule has 2 atom stereocenters. The third-order valence-electron chi connectivity index (χ3n) is 7.60. The number of nitrogens with zero attached hydrogens (tertiary/aromatic N) is 2. The molecule has 0 amide bonds. The van der Waals surface area contributed by atoms with E-state index in [4.69, 9.17) is 4.74 Å². The summed E-state index contributed by atoms with van der Waals surface area (Å²) in [6.07, 6.45) is 3.44. The topological polar surface area (TPSA) is 68.3 Å². The Kier molecular flexibility index (Phi) is 7.76. The fraction of sp³-hybridized carbons (Fsp3) is 0.321. The molecule has 3 aliphatic heterocycles. The SMILES string of the molecule is O=C(C[N+]12CCC(CC1)[C@@H](OC(=O)C(Nc1ccccc1)c1csc3ccccc13)C2)c1nccs1.[Br-]. The predicted molar refractivity (Wildman–Crippen MR) is 143 cm³/mol. The van der Waals surface area contributed by atoms with E-state index in [0.717, 1.165) is 47.3 Å². The van der Waals surface area contributed by atoms with Crippen molar-refractivity contribution in [2.24, 2.45) is 5.92 Å². The van der Waals surface area contributed by atoms with E-state index in [1.807, 2.05) is 47.8 Å². The van der Waals surface area contributed by atoms with Gasteiger partial charge in [0.1, 0.15) is 13.1 Å². The molecule has 3 saturated heterocycles. The fourth-order valence-corrected chi connectivity index (χ4v) is 7.27. The van der Waals surface area contributed by atoms with Crippen LogP contribution < -0.4 is 22.3 Å². The van der Waals surface area contributed by atoms with Crippen molar-refractivity contribution >= 4 is 50.2 Å². The van der Waals surface area contributed by atoms with Crippen LogP contribution in [-0.2, 0) is 9.53 Å². The molecule has 37 heavy (non-hydrogen) atoms. The lowest BCUT2D eigenvalue weighted by molar-refractivity contribution is -0.938. The molecule has 2 aromatic carbocycles. The maximum absolute atomic E-state index is 13.8.